The Hall–Kier alpha value is -0.900. The van der Waals surface area contributed by atoms with E-state index in [1.807, 2.05) is 0 Å². The van der Waals surface area contributed by atoms with Crippen molar-refractivity contribution in [2.45, 2.75) is 26.4 Å². The van der Waals surface area contributed by atoms with Crippen LogP contribution in [-0.4, -0.2) is 44.3 Å². The molecule has 0 amide bonds. The van der Waals surface area contributed by atoms with E-state index < -0.39 is 0 Å². The molecule has 1 aliphatic rings. The molecule has 1 heterocycles. The zero-order valence-corrected chi connectivity index (χ0v) is 12.4. The third-order valence-corrected chi connectivity index (χ3v) is 3.75. The standard InChI is InChI=1S/C16H26N2O/c1-4-17-16-12-19-11-15(16)10-18(3)9-14-7-5-6-13(2)8-14/h5-8,15-17H,4,9-12H2,1-3H3. The van der Waals surface area contributed by atoms with Gasteiger partial charge >= 0.3 is 0 Å². The second kappa shape index (κ2) is 7.04. The Balaban J connectivity index is 1.85. The average molecular weight is 262 g/mol. The van der Waals surface area contributed by atoms with Gasteiger partial charge in [0.05, 0.1) is 13.2 Å². The van der Waals surface area contributed by atoms with E-state index in [9.17, 15) is 0 Å². The van der Waals surface area contributed by atoms with Gasteiger partial charge in [-0.25, -0.2) is 0 Å². The molecule has 2 rings (SSSR count). The number of ether oxygens (including phenoxy) is 1. The maximum atomic E-state index is 5.60. The van der Waals surface area contributed by atoms with Gasteiger partial charge in [0.1, 0.15) is 0 Å². The Bertz CT molecular complexity index is 394. The van der Waals surface area contributed by atoms with E-state index >= 15 is 0 Å². The predicted octanol–water partition coefficient (Wildman–Crippen LogP) is 2.05. The van der Waals surface area contributed by atoms with Crippen LogP contribution in [0.1, 0.15) is 18.1 Å². The molecule has 1 N–H and O–H groups in total. The van der Waals surface area contributed by atoms with Crippen LogP contribution in [0.3, 0.4) is 0 Å². The minimum absolute atomic E-state index is 0.518. The molecule has 0 spiro atoms. The van der Waals surface area contributed by atoms with Crippen molar-refractivity contribution in [3.8, 4) is 0 Å². The highest BCUT2D eigenvalue weighted by atomic mass is 16.5. The van der Waals surface area contributed by atoms with E-state index in [4.69, 9.17) is 4.74 Å². The molecule has 0 radical (unpaired) electrons. The van der Waals surface area contributed by atoms with Crippen molar-refractivity contribution in [3.63, 3.8) is 0 Å². The molecule has 1 aromatic carbocycles. The molecule has 3 heteroatoms. The summed E-state index contributed by atoms with van der Waals surface area (Å²) in [6, 6.07) is 9.28. The lowest BCUT2D eigenvalue weighted by Gasteiger charge is -2.24. The van der Waals surface area contributed by atoms with Crippen LogP contribution in [0.5, 0.6) is 0 Å². The minimum Gasteiger partial charge on any atom is -0.379 e. The number of likely N-dealkylation sites (N-methyl/N-ethyl adjacent to an activating group) is 1. The normalized spacial score (nSPS) is 23.2. The van der Waals surface area contributed by atoms with Gasteiger partial charge in [0, 0.05) is 25.0 Å². The Kier molecular flexibility index (Phi) is 5.37. The highest BCUT2D eigenvalue weighted by Gasteiger charge is 2.28. The van der Waals surface area contributed by atoms with Crippen molar-refractivity contribution < 1.29 is 4.74 Å². The minimum atomic E-state index is 0.518. The third-order valence-electron chi connectivity index (χ3n) is 3.75. The number of hydrogen-bond acceptors (Lipinski definition) is 3. The first-order valence-corrected chi connectivity index (χ1v) is 7.24. The molecule has 3 nitrogen and oxygen atoms in total. The molecule has 1 aliphatic heterocycles. The fourth-order valence-electron chi connectivity index (χ4n) is 2.85. The Labute approximate surface area is 116 Å². The van der Waals surface area contributed by atoms with Crippen LogP contribution in [0.4, 0.5) is 0 Å². The van der Waals surface area contributed by atoms with E-state index in [1.54, 1.807) is 0 Å². The molecular formula is C16H26N2O. The fourth-order valence-corrected chi connectivity index (χ4v) is 2.85. The first-order chi connectivity index (χ1) is 9.19. The van der Waals surface area contributed by atoms with Crippen molar-refractivity contribution in [2.24, 2.45) is 5.92 Å². The summed E-state index contributed by atoms with van der Waals surface area (Å²) in [5.41, 5.74) is 2.72. The zero-order chi connectivity index (χ0) is 13.7. The summed E-state index contributed by atoms with van der Waals surface area (Å²) in [5, 5.41) is 3.52. The number of aryl methyl sites for hydroxylation is 1. The molecular weight excluding hydrogens is 236 g/mol. The lowest BCUT2D eigenvalue weighted by Crippen LogP contribution is -2.40. The second-order valence-corrected chi connectivity index (χ2v) is 5.65. The second-order valence-electron chi connectivity index (χ2n) is 5.65. The van der Waals surface area contributed by atoms with E-state index in [1.165, 1.54) is 11.1 Å². The van der Waals surface area contributed by atoms with Gasteiger partial charge in [-0.05, 0) is 26.1 Å². The van der Waals surface area contributed by atoms with Gasteiger partial charge in [-0.1, -0.05) is 36.8 Å². The summed E-state index contributed by atoms with van der Waals surface area (Å²) >= 11 is 0. The summed E-state index contributed by atoms with van der Waals surface area (Å²) in [4.78, 5) is 2.40. The molecule has 0 aromatic heterocycles. The van der Waals surface area contributed by atoms with Crippen molar-refractivity contribution in [1.82, 2.24) is 10.2 Å². The van der Waals surface area contributed by atoms with Gasteiger partial charge in [-0.15, -0.1) is 0 Å². The summed E-state index contributed by atoms with van der Waals surface area (Å²) < 4.78 is 5.60. The molecule has 106 valence electrons. The van der Waals surface area contributed by atoms with Crippen molar-refractivity contribution in [3.05, 3.63) is 35.4 Å². The smallest absolute Gasteiger partial charge is 0.0623 e. The van der Waals surface area contributed by atoms with Crippen LogP contribution in [-0.2, 0) is 11.3 Å². The quantitative estimate of drug-likeness (QED) is 0.849. The van der Waals surface area contributed by atoms with Crippen LogP contribution in [0.25, 0.3) is 0 Å². The monoisotopic (exact) mass is 262 g/mol. The van der Waals surface area contributed by atoms with Crippen molar-refractivity contribution in [2.75, 3.05) is 33.4 Å². The molecule has 2 unspecified atom stereocenters. The number of nitrogens with one attached hydrogen (secondary N) is 1. The SMILES string of the molecule is CCNC1COCC1CN(C)Cc1cccc(C)c1. The average Bonchev–Trinajstić information content (AvgIpc) is 2.77. The fraction of sp³-hybridized carbons (Fsp3) is 0.625. The first kappa shape index (κ1) is 14.5. The topological polar surface area (TPSA) is 24.5 Å². The number of hydrogen-bond donors (Lipinski definition) is 1. The number of nitrogens with zero attached hydrogens (tertiary/aromatic N) is 1. The van der Waals surface area contributed by atoms with Crippen molar-refractivity contribution in [1.29, 1.82) is 0 Å². The van der Waals surface area contributed by atoms with Gasteiger partial charge in [0.15, 0.2) is 0 Å². The summed E-state index contributed by atoms with van der Waals surface area (Å²) in [5.74, 6) is 0.606. The molecule has 1 fully saturated rings. The van der Waals surface area contributed by atoms with Gasteiger partial charge in [-0.2, -0.15) is 0 Å². The van der Waals surface area contributed by atoms with Crippen LogP contribution in [0, 0.1) is 12.8 Å². The van der Waals surface area contributed by atoms with Crippen LogP contribution in [0.15, 0.2) is 24.3 Å². The summed E-state index contributed by atoms with van der Waals surface area (Å²) in [6.07, 6.45) is 0. The molecule has 1 aromatic rings. The van der Waals surface area contributed by atoms with E-state index in [-0.39, 0.29) is 0 Å². The van der Waals surface area contributed by atoms with Crippen molar-refractivity contribution >= 4 is 0 Å². The highest BCUT2D eigenvalue weighted by Crippen LogP contribution is 2.16. The van der Waals surface area contributed by atoms with E-state index in [0.29, 0.717) is 12.0 Å². The molecule has 0 saturated carbocycles. The van der Waals surface area contributed by atoms with Gasteiger partial charge in [0.25, 0.3) is 0 Å². The van der Waals surface area contributed by atoms with E-state index in [2.05, 4.69) is 55.4 Å². The lowest BCUT2D eigenvalue weighted by molar-refractivity contribution is 0.172. The first-order valence-electron chi connectivity index (χ1n) is 7.24. The maximum Gasteiger partial charge on any atom is 0.0623 e. The molecule has 19 heavy (non-hydrogen) atoms. The zero-order valence-electron chi connectivity index (χ0n) is 12.4. The number of benzene rings is 1. The third kappa shape index (κ3) is 4.30. The Morgan fingerprint density at radius 2 is 2.21 bits per heavy atom. The summed E-state index contributed by atoms with van der Waals surface area (Å²) in [7, 11) is 2.20. The van der Waals surface area contributed by atoms with Crippen LogP contribution < -0.4 is 5.32 Å². The maximum absolute atomic E-state index is 5.60. The molecule has 0 bridgehead atoms. The predicted molar refractivity (Wildman–Crippen MR) is 79.3 cm³/mol. The lowest BCUT2D eigenvalue weighted by atomic mass is 10.0. The Morgan fingerprint density at radius 3 is 2.95 bits per heavy atom. The summed E-state index contributed by atoms with van der Waals surface area (Å²) in [6.45, 7) is 9.17. The molecule has 1 saturated heterocycles. The largest absolute Gasteiger partial charge is 0.379 e. The highest BCUT2D eigenvalue weighted by molar-refractivity contribution is 5.22. The van der Waals surface area contributed by atoms with Crippen LogP contribution >= 0.6 is 0 Å². The van der Waals surface area contributed by atoms with Gasteiger partial charge in [0.2, 0.25) is 0 Å². The molecule has 2 atom stereocenters. The molecule has 0 aliphatic carbocycles. The Morgan fingerprint density at radius 1 is 1.37 bits per heavy atom. The van der Waals surface area contributed by atoms with E-state index in [0.717, 1.165) is 32.8 Å². The van der Waals surface area contributed by atoms with Gasteiger partial charge in [-0.3, -0.25) is 0 Å². The number of rotatable bonds is 6. The van der Waals surface area contributed by atoms with Gasteiger partial charge < -0.3 is 15.0 Å². The van der Waals surface area contributed by atoms with Crippen LogP contribution in [0.2, 0.25) is 0 Å².